The fourth-order valence-corrected chi connectivity index (χ4v) is 2.45. The molecule has 0 aliphatic heterocycles. The summed E-state index contributed by atoms with van der Waals surface area (Å²) in [6.07, 6.45) is 17.3. The number of rotatable bonds is 9. The molecule has 1 aliphatic carbocycles. The molecule has 1 rings (SSSR count). The van der Waals surface area contributed by atoms with E-state index in [9.17, 15) is 4.79 Å². The predicted molar refractivity (Wildman–Crippen MR) is 92.8 cm³/mol. The van der Waals surface area contributed by atoms with Gasteiger partial charge in [0.05, 0.1) is 0 Å². The van der Waals surface area contributed by atoms with Crippen LogP contribution in [0.25, 0.3) is 0 Å². The van der Waals surface area contributed by atoms with Crippen molar-refractivity contribution < 1.29 is 4.79 Å². The van der Waals surface area contributed by atoms with Crippen LogP contribution in [0.5, 0.6) is 0 Å². The Morgan fingerprint density at radius 3 is 1.48 bits per heavy atom. The zero-order valence-corrected chi connectivity index (χ0v) is 14.5. The second-order valence-electron chi connectivity index (χ2n) is 6.07. The molecule has 0 saturated heterocycles. The Kier molecular flexibility index (Phi) is 16.7. The predicted octanol–water partition coefficient (Wildman–Crippen LogP) is 5.40. The number of unbranched alkanes of at least 4 members (excludes halogenated alkanes) is 5. The van der Waals surface area contributed by atoms with Crippen LogP contribution in [0.15, 0.2) is 0 Å². The summed E-state index contributed by atoms with van der Waals surface area (Å²) in [6, 6.07) is -0.0115. The summed E-state index contributed by atoms with van der Waals surface area (Å²) < 4.78 is 0. The molecule has 0 bridgehead atoms. The molecule has 0 heterocycles. The normalized spacial score (nSPS) is 14.0. The Labute approximate surface area is 132 Å². The fraction of sp³-hybridized carbons (Fsp3) is 0.944. The van der Waals surface area contributed by atoms with Gasteiger partial charge in [-0.3, -0.25) is 0 Å². The van der Waals surface area contributed by atoms with Crippen LogP contribution in [-0.2, 0) is 0 Å². The Balaban J connectivity index is 0.000000547. The van der Waals surface area contributed by atoms with E-state index < -0.39 is 0 Å². The lowest BCUT2D eigenvalue weighted by molar-refractivity contribution is 0.240. The molecule has 1 fully saturated rings. The van der Waals surface area contributed by atoms with E-state index >= 15 is 0 Å². The third-order valence-corrected chi connectivity index (χ3v) is 3.88. The van der Waals surface area contributed by atoms with Crippen molar-refractivity contribution in [2.75, 3.05) is 13.1 Å². The molecule has 0 spiro atoms. The minimum atomic E-state index is -0.0115. The first-order valence-electron chi connectivity index (χ1n) is 9.33. The molecule has 1 saturated carbocycles. The molecule has 3 nitrogen and oxygen atoms in total. The third kappa shape index (κ3) is 17.2. The van der Waals surface area contributed by atoms with Crippen molar-refractivity contribution in [3.63, 3.8) is 0 Å². The highest BCUT2D eigenvalue weighted by Crippen LogP contribution is 2.15. The highest BCUT2D eigenvalue weighted by atomic mass is 16.2. The number of nitrogens with one attached hydrogen (secondary N) is 2. The van der Waals surface area contributed by atoms with Crippen molar-refractivity contribution in [2.24, 2.45) is 0 Å². The zero-order chi connectivity index (χ0) is 15.6. The van der Waals surface area contributed by atoms with Gasteiger partial charge in [-0.2, -0.15) is 0 Å². The van der Waals surface area contributed by atoms with Gasteiger partial charge in [0.15, 0.2) is 0 Å². The summed E-state index contributed by atoms with van der Waals surface area (Å²) in [5, 5.41) is 5.73. The molecule has 0 aromatic heterocycles. The van der Waals surface area contributed by atoms with Gasteiger partial charge in [-0.1, -0.05) is 84.5 Å². The Morgan fingerprint density at radius 1 is 0.667 bits per heavy atom. The quantitative estimate of drug-likeness (QED) is 0.550. The number of carbonyl (C=O) groups is 1. The lowest BCUT2D eigenvalue weighted by atomic mass is 10.0. The lowest BCUT2D eigenvalue weighted by Crippen LogP contribution is -2.36. The van der Waals surface area contributed by atoms with Crippen molar-refractivity contribution in [3.05, 3.63) is 0 Å². The van der Waals surface area contributed by atoms with E-state index in [4.69, 9.17) is 0 Å². The van der Waals surface area contributed by atoms with Gasteiger partial charge in [0.1, 0.15) is 0 Å². The maximum atomic E-state index is 11.2. The first kappa shape index (κ1) is 20.3. The number of urea groups is 1. The van der Waals surface area contributed by atoms with Gasteiger partial charge in [0, 0.05) is 13.1 Å². The maximum absolute atomic E-state index is 11.2. The van der Waals surface area contributed by atoms with E-state index in [1.807, 2.05) is 0 Å². The van der Waals surface area contributed by atoms with E-state index in [-0.39, 0.29) is 6.03 Å². The fourth-order valence-electron chi connectivity index (χ4n) is 2.45. The Morgan fingerprint density at radius 2 is 1.05 bits per heavy atom. The van der Waals surface area contributed by atoms with E-state index in [0.717, 1.165) is 25.9 Å². The molecule has 2 amide bonds. The lowest BCUT2D eigenvalue weighted by Gasteiger charge is -2.06. The van der Waals surface area contributed by atoms with Gasteiger partial charge in [-0.25, -0.2) is 4.79 Å². The van der Waals surface area contributed by atoms with Crippen molar-refractivity contribution >= 4 is 6.03 Å². The van der Waals surface area contributed by atoms with Gasteiger partial charge in [-0.05, 0) is 12.8 Å². The Hall–Kier alpha value is -0.730. The molecule has 126 valence electrons. The highest BCUT2D eigenvalue weighted by molar-refractivity contribution is 5.73. The second-order valence-corrected chi connectivity index (χ2v) is 6.07. The molecule has 21 heavy (non-hydrogen) atoms. The van der Waals surface area contributed by atoms with Gasteiger partial charge in [0.2, 0.25) is 0 Å². The standard InChI is InChI=1S/C12H26N2O.C6H12/c1-3-5-7-9-11-14-12(15)13-10-8-6-4-2;1-2-4-6-5-3-1/h3-11H2,1-2H3,(H2,13,14,15);1-6H2. The molecule has 1 aliphatic rings. The summed E-state index contributed by atoms with van der Waals surface area (Å²) in [5.74, 6) is 0. The third-order valence-electron chi connectivity index (χ3n) is 3.88. The van der Waals surface area contributed by atoms with Crippen LogP contribution in [-0.4, -0.2) is 19.1 Å². The highest BCUT2D eigenvalue weighted by Gasteiger charge is 1.97. The van der Waals surface area contributed by atoms with E-state index in [2.05, 4.69) is 24.5 Å². The molecule has 0 atom stereocenters. The summed E-state index contributed by atoms with van der Waals surface area (Å²) in [4.78, 5) is 11.2. The molecule has 0 aromatic carbocycles. The average Bonchev–Trinajstić information content (AvgIpc) is 2.54. The van der Waals surface area contributed by atoms with E-state index in [0.29, 0.717) is 0 Å². The molecular weight excluding hydrogens is 260 g/mol. The zero-order valence-electron chi connectivity index (χ0n) is 14.5. The number of hydrogen-bond acceptors (Lipinski definition) is 1. The van der Waals surface area contributed by atoms with Crippen LogP contribution in [0.4, 0.5) is 4.79 Å². The van der Waals surface area contributed by atoms with Gasteiger partial charge >= 0.3 is 6.03 Å². The molecule has 0 unspecified atom stereocenters. The molecule has 0 radical (unpaired) electrons. The molecule has 3 heteroatoms. The van der Waals surface area contributed by atoms with E-state index in [1.54, 1.807) is 0 Å². The SMILES string of the molecule is C1CCCCC1.CCCCCCNC(=O)NCCCCC. The van der Waals surface area contributed by atoms with Gasteiger partial charge in [0.25, 0.3) is 0 Å². The largest absolute Gasteiger partial charge is 0.338 e. The number of carbonyl (C=O) groups excluding carboxylic acids is 1. The van der Waals surface area contributed by atoms with Crippen LogP contribution in [0.2, 0.25) is 0 Å². The first-order chi connectivity index (χ1) is 10.3. The minimum Gasteiger partial charge on any atom is -0.338 e. The second kappa shape index (κ2) is 17.3. The van der Waals surface area contributed by atoms with Crippen molar-refractivity contribution in [1.82, 2.24) is 10.6 Å². The van der Waals surface area contributed by atoms with Crippen LogP contribution in [0.1, 0.15) is 97.3 Å². The summed E-state index contributed by atoms with van der Waals surface area (Å²) in [7, 11) is 0. The van der Waals surface area contributed by atoms with Crippen molar-refractivity contribution in [3.8, 4) is 0 Å². The topological polar surface area (TPSA) is 41.1 Å². The molecule has 2 N–H and O–H groups in total. The van der Waals surface area contributed by atoms with Gasteiger partial charge in [-0.15, -0.1) is 0 Å². The van der Waals surface area contributed by atoms with Crippen molar-refractivity contribution in [1.29, 1.82) is 0 Å². The van der Waals surface area contributed by atoms with Crippen LogP contribution in [0, 0.1) is 0 Å². The Bertz CT molecular complexity index is 204. The first-order valence-corrected chi connectivity index (χ1v) is 9.33. The maximum Gasteiger partial charge on any atom is 0.314 e. The smallest absolute Gasteiger partial charge is 0.314 e. The summed E-state index contributed by atoms with van der Waals surface area (Å²) >= 11 is 0. The average molecular weight is 299 g/mol. The van der Waals surface area contributed by atoms with Crippen LogP contribution < -0.4 is 10.6 Å². The molecule has 0 aromatic rings. The van der Waals surface area contributed by atoms with E-state index in [1.165, 1.54) is 70.6 Å². The minimum absolute atomic E-state index is 0.0115. The number of amides is 2. The van der Waals surface area contributed by atoms with Crippen LogP contribution in [0.3, 0.4) is 0 Å². The summed E-state index contributed by atoms with van der Waals surface area (Å²) in [6.45, 7) is 5.95. The monoisotopic (exact) mass is 298 g/mol. The van der Waals surface area contributed by atoms with Crippen LogP contribution >= 0.6 is 0 Å². The number of hydrogen-bond donors (Lipinski definition) is 2. The summed E-state index contributed by atoms with van der Waals surface area (Å²) in [5.41, 5.74) is 0. The van der Waals surface area contributed by atoms with Crippen molar-refractivity contribution in [2.45, 2.75) is 97.3 Å². The van der Waals surface area contributed by atoms with Gasteiger partial charge < -0.3 is 10.6 Å². The molecular formula is C18H38N2O.